The van der Waals surface area contributed by atoms with Gasteiger partial charge in [0.05, 0.1) is 11.2 Å². The first-order valence-electron chi connectivity index (χ1n) is 7.57. The molecule has 2 unspecified atom stereocenters. The van der Waals surface area contributed by atoms with Crippen LogP contribution >= 0.6 is 11.3 Å². The summed E-state index contributed by atoms with van der Waals surface area (Å²) >= 11 is 1.71. The zero-order chi connectivity index (χ0) is 14.7. The fraction of sp³-hybridized carbons (Fsp3) is 0.750. The van der Waals surface area contributed by atoms with Gasteiger partial charge < -0.3 is 4.90 Å². The minimum atomic E-state index is 0.231. The van der Waals surface area contributed by atoms with Gasteiger partial charge in [0, 0.05) is 30.3 Å². The Balaban J connectivity index is 1.90. The summed E-state index contributed by atoms with van der Waals surface area (Å²) in [6.07, 6.45) is 2.94. The molecule has 3 nitrogen and oxygen atoms in total. The molecule has 1 heterocycles. The van der Waals surface area contributed by atoms with Gasteiger partial charge in [-0.25, -0.2) is 4.98 Å². The fourth-order valence-electron chi connectivity index (χ4n) is 3.09. The lowest BCUT2D eigenvalue weighted by atomic mass is 9.75. The molecule has 2 rings (SSSR count). The second-order valence-corrected chi connectivity index (χ2v) is 7.44. The van der Waals surface area contributed by atoms with Crippen LogP contribution in [0.5, 0.6) is 0 Å². The molecule has 1 saturated carbocycles. The Bertz CT molecular complexity index is 455. The summed E-state index contributed by atoms with van der Waals surface area (Å²) < 4.78 is 0. The lowest BCUT2D eigenvalue weighted by Crippen LogP contribution is -2.35. The molecule has 0 amide bonds. The van der Waals surface area contributed by atoms with Gasteiger partial charge in [0.1, 0.15) is 5.78 Å². The molecule has 1 fully saturated rings. The Morgan fingerprint density at radius 2 is 2.25 bits per heavy atom. The highest BCUT2D eigenvalue weighted by molar-refractivity contribution is 7.09. The van der Waals surface area contributed by atoms with Crippen LogP contribution in [-0.2, 0) is 11.3 Å². The molecular formula is C16H26N2OS. The highest BCUT2D eigenvalue weighted by Crippen LogP contribution is 2.32. The summed E-state index contributed by atoms with van der Waals surface area (Å²) in [5.74, 6) is 2.11. The molecule has 1 aliphatic carbocycles. The number of carbonyl (C=O) groups is 1. The molecule has 4 heteroatoms. The smallest absolute Gasteiger partial charge is 0.137 e. The van der Waals surface area contributed by atoms with Crippen LogP contribution in [-0.4, -0.2) is 29.3 Å². The van der Waals surface area contributed by atoms with E-state index in [1.54, 1.807) is 11.3 Å². The topological polar surface area (TPSA) is 33.2 Å². The monoisotopic (exact) mass is 294 g/mol. The first-order valence-corrected chi connectivity index (χ1v) is 8.45. The van der Waals surface area contributed by atoms with Gasteiger partial charge in [0.2, 0.25) is 0 Å². The van der Waals surface area contributed by atoms with E-state index in [1.165, 1.54) is 4.88 Å². The van der Waals surface area contributed by atoms with Gasteiger partial charge in [-0.05, 0) is 38.6 Å². The van der Waals surface area contributed by atoms with Crippen molar-refractivity contribution in [3.8, 4) is 0 Å². The van der Waals surface area contributed by atoms with Gasteiger partial charge in [-0.3, -0.25) is 4.79 Å². The Hall–Kier alpha value is -0.740. The van der Waals surface area contributed by atoms with E-state index in [2.05, 4.69) is 37.7 Å². The maximum absolute atomic E-state index is 12.1. The van der Waals surface area contributed by atoms with Crippen LogP contribution in [0.4, 0.5) is 0 Å². The number of thiazole rings is 1. The van der Waals surface area contributed by atoms with Crippen LogP contribution in [0, 0.1) is 24.7 Å². The third kappa shape index (κ3) is 3.89. The maximum atomic E-state index is 12.1. The molecule has 1 aliphatic rings. The van der Waals surface area contributed by atoms with Crippen molar-refractivity contribution >= 4 is 17.1 Å². The third-order valence-corrected chi connectivity index (χ3v) is 5.46. The van der Waals surface area contributed by atoms with E-state index >= 15 is 0 Å². The van der Waals surface area contributed by atoms with Crippen molar-refractivity contribution < 1.29 is 4.79 Å². The van der Waals surface area contributed by atoms with Crippen LogP contribution in [0.25, 0.3) is 0 Å². The van der Waals surface area contributed by atoms with Crippen molar-refractivity contribution in [2.24, 2.45) is 17.8 Å². The van der Waals surface area contributed by atoms with Crippen molar-refractivity contribution in [2.45, 2.75) is 46.6 Å². The van der Waals surface area contributed by atoms with Gasteiger partial charge in [0.15, 0.2) is 0 Å². The van der Waals surface area contributed by atoms with E-state index in [-0.39, 0.29) is 5.92 Å². The van der Waals surface area contributed by atoms with Gasteiger partial charge in [-0.15, -0.1) is 11.3 Å². The molecule has 112 valence electrons. The fourth-order valence-corrected chi connectivity index (χ4v) is 3.95. The second kappa shape index (κ2) is 6.81. The van der Waals surface area contributed by atoms with Crippen LogP contribution in [0.3, 0.4) is 0 Å². The maximum Gasteiger partial charge on any atom is 0.137 e. The number of aromatic nitrogens is 1. The minimum absolute atomic E-state index is 0.231. The van der Waals surface area contributed by atoms with Crippen molar-refractivity contribution in [1.82, 2.24) is 9.88 Å². The number of hydrogen-bond donors (Lipinski definition) is 0. The summed E-state index contributed by atoms with van der Waals surface area (Å²) in [5, 5.41) is 0. The highest BCUT2D eigenvalue weighted by Gasteiger charge is 2.30. The molecule has 0 radical (unpaired) electrons. The Morgan fingerprint density at radius 1 is 1.50 bits per heavy atom. The normalized spacial score (nSPS) is 23.8. The number of carbonyl (C=O) groups excluding carboxylic acids is 1. The van der Waals surface area contributed by atoms with Crippen LogP contribution in [0.2, 0.25) is 0 Å². The van der Waals surface area contributed by atoms with E-state index in [4.69, 9.17) is 0 Å². The summed E-state index contributed by atoms with van der Waals surface area (Å²) in [5.41, 5.74) is 3.02. The molecule has 0 aromatic carbocycles. The number of rotatable bonds is 5. The Kier molecular flexibility index (Phi) is 5.33. The van der Waals surface area contributed by atoms with Crippen molar-refractivity contribution in [1.29, 1.82) is 0 Å². The average molecular weight is 294 g/mol. The first kappa shape index (κ1) is 15.6. The van der Waals surface area contributed by atoms with Crippen LogP contribution in [0.15, 0.2) is 5.51 Å². The molecule has 0 saturated heterocycles. The molecule has 1 aromatic heterocycles. The number of hydrogen-bond acceptors (Lipinski definition) is 4. The van der Waals surface area contributed by atoms with Gasteiger partial charge >= 0.3 is 0 Å². The molecule has 20 heavy (non-hydrogen) atoms. The molecular weight excluding hydrogens is 268 g/mol. The van der Waals surface area contributed by atoms with Crippen molar-refractivity contribution in [3.63, 3.8) is 0 Å². The Morgan fingerprint density at radius 3 is 2.85 bits per heavy atom. The quantitative estimate of drug-likeness (QED) is 0.833. The first-order chi connectivity index (χ1) is 9.47. The number of Topliss-reactive ketones (excluding diaryl/α,β-unsaturated/α-hetero) is 1. The van der Waals surface area contributed by atoms with Crippen LogP contribution in [0.1, 0.15) is 43.7 Å². The van der Waals surface area contributed by atoms with Gasteiger partial charge in [-0.2, -0.15) is 0 Å². The lowest BCUT2D eigenvalue weighted by Gasteiger charge is -2.32. The van der Waals surface area contributed by atoms with Crippen LogP contribution < -0.4 is 0 Å². The summed E-state index contributed by atoms with van der Waals surface area (Å²) in [7, 11) is 2.12. The number of nitrogens with zero attached hydrogens (tertiary/aromatic N) is 2. The molecule has 0 N–H and O–H groups in total. The number of aryl methyl sites for hydroxylation is 1. The van der Waals surface area contributed by atoms with E-state index in [0.29, 0.717) is 11.7 Å². The zero-order valence-corrected chi connectivity index (χ0v) is 13.9. The van der Waals surface area contributed by atoms with Gasteiger partial charge in [0.25, 0.3) is 0 Å². The molecule has 2 atom stereocenters. The minimum Gasteiger partial charge on any atom is -0.301 e. The average Bonchev–Trinajstić information content (AvgIpc) is 2.77. The molecule has 1 aromatic rings. The summed E-state index contributed by atoms with van der Waals surface area (Å²) in [4.78, 5) is 20.0. The predicted octanol–water partition coefficient (Wildman–Crippen LogP) is 3.52. The van der Waals surface area contributed by atoms with E-state index < -0.39 is 0 Å². The zero-order valence-electron chi connectivity index (χ0n) is 13.1. The summed E-state index contributed by atoms with van der Waals surface area (Å²) in [6, 6.07) is 0. The van der Waals surface area contributed by atoms with Crippen molar-refractivity contribution in [3.05, 3.63) is 16.1 Å². The third-order valence-electron chi connectivity index (χ3n) is 4.54. The van der Waals surface area contributed by atoms with Crippen molar-refractivity contribution in [2.75, 3.05) is 13.6 Å². The largest absolute Gasteiger partial charge is 0.301 e. The SMILES string of the molecule is Cc1ncsc1CN(C)CC1CC(C(C)C)CCC1=O. The summed E-state index contributed by atoms with van der Waals surface area (Å²) in [6.45, 7) is 8.41. The van der Waals surface area contributed by atoms with E-state index in [0.717, 1.165) is 44.0 Å². The Labute approximate surface area is 126 Å². The van der Waals surface area contributed by atoms with Gasteiger partial charge in [-0.1, -0.05) is 13.8 Å². The van der Waals surface area contributed by atoms with E-state index in [9.17, 15) is 4.79 Å². The highest BCUT2D eigenvalue weighted by atomic mass is 32.1. The predicted molar refractivity (Wildman–Crippen MR) is 83.9 cm³/mol. The second-order valence-electron chi connectivity index (χ2n) is 6.50. The van der Waals surface area contributed by atoms with E-state index in [1.807, 2.05) is 5.51 Å². The standard InChI is InChI=1S/C16H26N2OS/c1-11(2)13-5-6-15(19)14(7-13)8-18(4)9-16-12(3)17-10-20-16/h10-11,13-14H,5-9H2,1-4H3. The number of ketones is 1. The lowest BCUT2D eigenvalue weighted by molar-refractivity contribution is -0.126. The molecule has 0 aliphatic heterocycles. The molecule has 0 bridgehead atoms. The molecule has 0 spiro atoms.